The summed E-state index contributed by atoms with van der Waals surface area (Å²) in [5, 5.41) is 2.94. The number of anilines is 1. The smallest absolute Gasteiger partial charge is 0.244 e. The van der Waals surface area contributed by atoms with E-state index < -0.39 is 11.9 Å². The topological polar surface area (TPSA) is 64.3 Å². The highest BCUT2D eigenvalue weighted by Gasteiger charge is 2.17. The molecule has 3 N–H and O–H groups in total. The first-order valence-corrected chi connectivity index (χ1v) is 6.49. The van der Waals surface area contributed by atoms with Gasteiger partial charge in [-0.2, -0.15) is 0 Å². The molecule has 1 atom stereocenters. The fraction of sp³-hybridized carbons (Fsp3) is 0.188. The Bertz CT molecular complexity index is 614. The second-order valence-electron chi connectivity index (χ2n) is 4.66. The number of methoxy groups -OCH3 is 1. The van der Waals surface area contributed by atoms with Gasteiger partial charge in [0.15, 0.2) is 0 Å². The Morgan fingerprint density at radius 3 is 2.57 bits per heavy atom. The van der Waals surface area contributed by atoms with Crippen LogP contribution in [0.5, 0.6) is 0 Å². The first kappa shape index (κ1) is 15.0. The Labute approximate surface area is 122 Å². The van der Waals surface area contributed by atoms with E-state index in [1.807, 2.05) is 12.1 Å². The first-order chi connectivity index (χ1) is 10.1. The minimum atomic E-state index is -0.719. The molecule has 1 unspecified atom stereocenters. The second-order valence-corrected chi connectivity index (χ2v) is 4.66. The van der Waals surface area contributed by atoms with E-state index >= 15 is 0 Å². The molecule has 21 heavy (non-hydrogen) atoms. The zero-order valence-electron chi connectivity index (χ0n) is 11.7. The molecule has 0 fully saturated rings. The number of nitrogens with one attached hydrogen (secondary N) is 1. The van der Waals surface area contributed by atoms with Gasteiger partial charge in [0, 0.05) is 12.8 Å². The number of amides is 1. The zero-order chi connectivity index (χ0) is 15.2. The number of halogens is 1. The van der Waals surface area contributed by atoms with Crippen molar-refractivity contribution in [1.29, 1.82) is 0 Å². The minimum Gasteiger partial charge on any atom is -0.380 e. The maximum Gasteiger partial charge on any atom is 0.244 e. The monoisotopic (exact) mass is 288 g/mol. The van der Waals surface area contributed by atoms with Gasteiger partial charge in [0.2, 0.25) is 5.91 Å². The fourth-order valence-electron chi connectivity index (χ4n) is 2.04. The van der Waals surface area contributed by atoms with Crippen LogP contribution in [-0.2, 0) is 16.1 Å². The molecule has 0 radical (unpaired) electrons. The molecule has 0 aromatic heterocycles. The van der Waals surface area contributed by atoms with Crippen LogP contribution in [0.1, 0.15) is 17.2 Å². The molecule has 0 aliphatic heterocycles. The van der Waals surface area contributed by atoms with Crippen LogP contribution in [0.3, 0.4) is 0 Å². The summed E-state index contributed by atoms with van der Waals surface area (Å²) in [7, 11) is 1.62. The van der Waals surface area contributed by atoms with Gasteiger partial charge in [-0.25, -0.2) is 4.39 Å². The van der Waals surface area contributed by atoms with Gasteiger partial charge in [0.1, 0.15) is 11.9 Å². The number of hydrogen-bond acceptors (Lipinski definition) is 3. The Balaban J connectivity index is 2.20. The summed E-state index contributed by atoms with van der Waals surface area (Å²) in [6.45, 7) is 0.499. The van der Waals surface area contributed by atoms with Gasteiger partial charge in [-0.1, -0.05) is 30.3 Å². The Hall–Kier alpha value is -2.40. The van der Waals surface area contributed by atoms with Crippen molar-refractivity contribution in [2.24, 2.45) is 5.73 Å². The molecule has 2 aromatic carbocycles. The molecule has 5 heteroatoms. The number of rotatable bonds is 6. The lowest BCUT2D eigenvalue weighted by atomic mass is 10.0. The highest BCUT2D eigenvalue weighted by molar-refractivity contribution is 5.84. The van der Waals surface area contributed by atoms with Crippen LogP contribution in [0.2, 0.25) is 0 Å². The van der Waals surface area contributed by atoms with Crippen LogP contribution >= 0.6 is 0 Å². The average Bonchev–Trinajstić information content (AvgIpc) is 2.46. The third-order valence-corrected chi connectivity index (χ3v) is 3.04. The molecule has 1 amide bonds. The SMILES string of the molecule is COCc1ccc(C(Nc2cccc(F)c2)C(N)=O)cc1. The number of benzene rings is 2. The predicted octanol–water partition coefficient (Wildman–Crippen LogP) is 2.61. The van der Waals surface area contributed by atoms with Crippen LogP contribution in [0.4, 0.5) is 10.1 Å². The van der Waals surface area contributed by atoms with Gasteiger partial charge in [0.25, 0.3) is 0 Å². The van der Waals surface area contributed by atoms with Gasteiger partial charge >= 0.3 is 0 Å². The molecule has 0 saturated carbocycles. The molecule has 0 aliphatic rings. The summed E-state index contributed by atoms with van der Waals surface area (Å²) >= 11 is 0. The molecule has 0 spiro atoms. The van der Waals surface area contributed by atoms with Crippen molar-refractivity contribution in [3.8, 4) is 0 Å². The number of nitrogens with two attached hydrogens (primary N) is 1. The van der Waals surface area contributed by atoms with Crippen molar-refractivity contribution in [3.05, 3.63) is 65.5 Å². The van der Waals surface area contributed by atoms with Crippen molar-refractivity contribution in [2.75, 3.05) is 12.4 Å². The van der Waals surface area contributed by atoms with Crippen molar-refractivity contribution in [1.82, 2.24) is 0 Å². The fourth-order valence-corrected chi connectivity index (χ4v) is 2.04. The molecule has 0 bridgehead atoms. The highest BCUT2D eigenvalue weighted by Crippen LogP contribution is 2.20. The lowest BCUT2D eigenvalue weighted by Crippen LogP contribution is -2.27. The van der Waals surface area contributed by atoms with Gasteiger partial charge < -0.3 is 15.8 Å². The number of carbonyl (C=O) groups is 1. The second kappa shape index (κ2) is 6.85. The standard InChI is InChI=1S/C16H17FN2O2/c1-21-10-11-5-7-12(8-6-11)15(16(18)20)19-14-4-2-3-13(17)9-14/h2-9,15,19H,10H2,1H3,(H2,18,20). The van der Waals surface area contributed by atoms with E-state index in [9.17, 15) is 9.18 Å². The summed E-state index contributed by atoms with van der Waals surface area (Å²) in [5.74, 6) is -0.905. The normalized spacial score (nSPS) is 11.9. The van der Waals surface area contributed by atoms with Crippen molar-refractivity contribution < 1.29 is 13.9 Å². The number of primary amides is 1. The molecular weight excluding hydrogens is 271 g/mol. The lowest BCUT2D eigenvalue weighted by Gasteiger charge is -2.17. The van der Waals surface area contributed by atoms with Crippen LogP contribution in [0, 0.1) is 5.82 Å². The third-order valence-electron chi connectivity index (χ3n) is 3.04. The Morgan fingerprint density at radius 2 is 2.00 bits per heavy atom. The van der Waals surface area contributed by atoms with E-state index in [1.165, 1.54) is 12.1 Å². The summed E-state index contributed by atoms with van der Waals surface area (Å²) in [6, 6.07) is 12.5. The van der Waals surface area contributed by atoms with E-state index in [-0.39, 0.29) is 5.82 Å². The van der Waals surface area contributed by atoms with E-state index in [1.54, 1.807) is 31.4 Å². The van der Waals surface area contributed by atoms with Gasteiger partial charge in [-0.3, -0.25) is 4.79 Å². The molecule has 0 saturated heterocycles. The zero-order valence-corrected chi connectivity index (χ0v) is 11.7. The quantitative estimate of drug-likeness (QED) is 0.858. The van der Waals surface area contributed by atoms with Crippen LogP contribution < -0.4 is 11.1 Å². The van der Waals surface area contributed by atoms with Crippen molar-refractivity contribution >= 4 is 11.6 Å². The molecule has 2 rings (SSSR count). The molecule has 110 valence electrons. The van der Waals surface area contributed by atoms with E-state index in [4.69, 9.17) is 10.5 Å². The van der Waals surface area contributed by atoms with Crippen molar-refractivity contribution in [3.63, 3.8) is 0 Å². The Kier molecular flexibility index (Phi) is 4.90. The van der Waals surface area contributed by atoms with Crippen LogP contribution in [-0.4, -0.2) is 13.0 Å². The summed E-state index contributed by atoms with van der Waals surface area (Å²) in [6.07, 6.45) is 0. The van der Waals surface area contributed by atoms with Crippen LogP contribution in [0.15, 0.2) is 48.5 Å². The predicted molar refractivity (Wildman–Crippen MR) is 79.1 cm³/mol. The maximum atomic E-state index is 13.2. The average molecular weight is 288 g/mol. The van der Waals surface area contributed by atoms with Crippen LogP contribution in [0.25, 0.3) is 0 Å². The number of carbonyl (C=O) groups excluding carboxylic acids is 1. The molecule has 4 nitrogen and oxygen atoms in total. The van der Waals surface area contributed by atoms with Gasteiger partial charge in [-0.05, 0) is 29.3 Å². The van der Waals surface area contributed by atoms with Gasteiger partial charge in [-0.15, -0.1) is 0 Å². The van der Waals surface area contributed by atoms with E-state index in [0.717, 1.165) is 5.56 Å². The number of ether oxygens (including phenoxy) is 1. The highest BCUT2D eigenvalue weighted by atomic mass is 19.1. The summed E-state index contributed by atoms with van der Waals surface area (Å²) < 4.78 is 18.2. The van der Waals surface area contributed by atoms with Gasteiger partial charge in [0.05, 0.1) is 6.61 Å². The van der Waals surface area contributed by atoms with E-state index in [2.05, 4.69) is 5.32 Å². The number of hydrogen-bond donors (Lipinski definition) is 2. The largest absolute Gasteiger partial charge is 0.380 e. The van der Waals surface area contributed by atoms with E-state index in [0.29, 0.717) is 17.9 Å². The molecule has 2 aromatic rings. The van der Waals surface area contributed by atoms with Crippen molar-refractivity contribution in [2.45, 2.75) is 12.6 Å². The molecular formula is C16H17FN2O2. The minimum absolute atomic E-state index is 0.376. The maximum absolute atomic E-state index is 13.2. The third kappa shape index (κ3) is 4.03. The first-order valence-electron chi connectivity index (χ1n) is 6.49. The Morgan fingerprint density at radius 1 is 1.29 bits per heavy atom. The summed E-state index contributed by atoms with van der Waals surface area (Å²) in [4.78, 5) is 11.6. The summed E-state index contributed by atoms with van der Waals surface area (Å²) in [5.41, 5.74) is 7.64. The lowest BCUT2D eigenvalue weighted by molar-refractivity contribution is -0.118. The molecule has 0 heterocycles. The molecule has 0 aliphatic carbocycles.